The van der Waals surface area contributed by atoms with Crippen LogP contribution in [0.2, 0.25) is 0 Å². The van der Waals surface area contributed by atoms with Crippen LogP contribution in [0.3, 0.4) is 0 Å². The van der Waals surface area contributed by atoms with Crippen LogP contribution in [0.4, 0.5) is 4.79 Å². The number of methoxy groups -OCH3 is 1. The maximum absolute atomic E-state index is 12.1. The first-order valence-electron chi connectivity index (χ1n) is 11.0. The summed E-state index contributed by atoms with van der Waals surface area (Å²) in [6, 6.07) is 8.72. The zero-order chi connectivity index (χ0) is 20.5. The molecule has 1 aliphatic carbocycles. The van der Waals surface area contributed by atoms with Gasteiger partial charge in [-0.25, -0.2) is 4.79 Å². The number of benzene rings is 1. The summed E-state index contributed by atoms with van der Waals surface area (Å²) in [4.78, 5) is 25.9. The van der Waals surface area contributed by atoms with Crippen LogP contribution in [0.15, 0.2) is 24.3 Å². The van der Waals surface area contributed by atoms with Gasteiger partial charge < -0.3 is 20.3 Å². The number of rotatable bonds is 10. The minimum Gasteiger partial charge on any atom is -0.383 e. The van der Waals surface area contributed by atoms with Crippen LogP contribution in [0.1, 0.15) is 43.2 Å². The molecule has 6 nitrogen and oxygen atoms in total. The second-order valence-corrected chi connectivity index (χ2v) is 8.42. The van der Waals surface area contributed by atoms with Crippen molar-refractivity contribution < 1.29 is 14.3 Å². The maximum atomic E-state index is 12.1. The average molecular weight is 402 g/mol. The summed E-state index contributed by atoms with van der Waals surface area (Å²) in [5.74, 6) is 1.52. The third-order valence-electron chi connectivity index (χ3n) is 5.96. The molecular weight excluding hydrogens is 366 g/mol. The molecule has 0 bridgehead atoms. The minimum absolute atomic E-state index is 0.0195. The van der Waals surface area contributed by atoms with Crippen molar-refractivity contribution in [2.45, 2.75) is 44.9 Å². The van der Waals surface area contributed by atoms with E-state index in [1.165, 1.54) is 24.0 Å². The van der Waals surface area contributed by atoms with Gasteiger partial charge in [-0.1, -0.05) is 24.3 Å². The van der Waals surface area contributed by atoms with Crippen LogP contribution in [-0.2, 0) is 22.4 Å². The molecule has 3 amide bonds. The molecule has 29 heavy (non-hydrogen) atoms. The van der Waals surface area contributed by atoms with Gasteiger partial charge >= 0.3 is 6.03 Å². The Balaban J connectivity index is 1.33. The van der Waals surface area contributed by atoms with E-state index in [4.69, 9.17) is 4.74 Å². The SMILES string of the molecule is COCCNC(=O)N1CCC(Cc2ccc(CCC(=O)NCC3CC3)cc2)CC1. The number of hydrogen-bond donors (Lipinski definition) is 2. The predicted molar refractivity (Wildman–Crippen MR) is 114 cm³/mol. The Labute approximate surface area is 174 Å². The second kappa shape index (κ2) is 11.2. The second-order valence-electron chi connectivity index (χ2n) is 8.42. The molecule has 2 N–H and O–H groups in total. The fourth-order valence-corrected chi connectivity index (χ4v) is 3.81. The van der Waals surface area contributed by atoms with Crippen LogP contribution < -0.4 is 10.6 Å². The van der Waals surface area contributed by atoms with Gasteiger partial charge in [-0.2, -0.15) is 0 Å². The van der Waals surface area contributed by atoms with Crippen LogP contribution in [0.5, 0.6) is 0 Å². The molecule has 3 rings (SSSR count). The normalized spacial score (nSPS) is 17.2. The van der Waals surface area contributed by atoms with Gasteiger partial charge in [-0.3, -0.25) is 4.79 Å². The topological polar surface area (TPSA) is 70.7 Å². The van der Waals surface area contributed by atoms with E-state index < -0.39 is 0 Å². The largest absolute Gasteiger partial charge is 0.383 e. The molecule has 0 atom stereocenters. The number of hydrogen-bond acceptors (Lipinski definition) is 3. The van der Waals surface area contributed by atoms with E-state index in [1.54, 1.807) is 7.11 Å². The highest BCUT2D eigenvalue weighted by molar-refractivity contribution is 5.76. The number of carbonyl (C=O) groups is 2. The van der Waals surface area contributed by atoms with Gasteiger partial charge in [0.15, 0.2) is 0 Å². The lowest BCUT2D eigenvalue weighted by Crippen LogP contribution is -2.45. The van der Waals surface area contributed by atoms with E-state index in [9.17, 15) is 9.59 Å². The standard InChI is InChI=1S/C23H35N3O3/c1-29-15-12-24-23(28)26-13-10-20(11-14-26)16-19-4-2-18(3-5-19)8-9-22(27)25-17-21-6-7-21/h2-5,20-21H,6-17H2,1H3,(H,24,28)(H,25,27). The Morgan fingerprint density at radius 2 is 1.69 bits per heavy atom. The fraction of sp³-hybridized carbons (Fsp3) is 0.652. The molecule has 1 aliphatic heterocycles. The van der Waals surface area contributed by atoms with Crippen molar-refractivity contribution in [2.24, 2.45) is 11.8 Å². The van der Waals surface area contributed by atoms with Gasteiger partial charge in [-0.05, 0) is 61.5 Å². The Bertz CT molecular complexity index is 650. The number of aryl methyl sites for hydroxylation is 1. The van der Waals surface area contributed by atoms with Crippen molar-refractivity contribution in [3.63, 3.8) is 0 Å². The van der Waals surface area contributed by atoms with Crippen molar-refractivity contribution in [2.75, 3.05) is 39.9 Å². The molecule has 0 unspecified atom stereocenters. The van der Waals surface area contributed by atoms with E-state index in [1.807, 2.05) is 4.90 Å². The van der Waals surface area contributed by atoms with Crippen molar-refractivity contribution in [3.05, 3.63) is 35.4 Å². The number of urea groups is 1. The zero-order valence-electron chi connectivity index (χ0n) is 17.6. The molecule has 0 spiro atoms. The third kappa shape index (κ3) is 7.69. The van der Waals surface area contributed by atoms with E-state index >= 15 is 0 Å². The van der Waals surface area contributed by atoms with Crippen molar-refractivity contribution in [1.82, 2.24) is 15.5 Å². The molecule has 2 fully saturated rings. The molecule has 0 aromatic heterocycles. The smallest absolute Gasteiger partial charge is 0.317 e. The summed E-state index contributed by atoms with van der Waals surface area (Å²) >= 11 is 0. The number of ether oxygens (including phenoxy) is 1. The van der Waals surface area contributed by atoms with E-state index in [0.717, 1.165) is 51.2 Å². The minimum atomic E-state index is 0.0195. The lowest BCUT2D eigenvalue weighted by Gasteiger charge is -2.32. The molecular formula is C23H35N3O3. The molecule has 1 saturated heterocycles. The van der Waals surface area contributed by atoms with Crippen LogP contribution >= 0.6 is 0 Å². The molecule has 160 valence electrons. The molecule has 2 aliphatic rings. The lowest BCUT2D eigenvalue weighted by molar-refractivity contribution is -0.121. The number of amides is 3. The van der Waals surface area contributed by atoms with Crippen LogP contribution in [-0.4, -0.2) is 56.7 Å². The lowest BCUT2D eigenvalue weighted by atomic mass is 9.90. The van der Waals surface area contributed by atoms with Gasteiger partial charge in [0.1, 0.15) is 0 Å². The summed E-state index contributed by atoms with van der Waals surface area (Å²) in [6.45, 7) is 3.59. The van der Waals surface area contributed by atoms with Crippen LogP contribution in [0, 0.1) is 11.8 Å². The predicted octanol–water partition coefficient (Wildman–Crippen LogP) is 2.76. The number of carbonyl (C=O) groups excluding carboxylic acids is 2. The summed E-state index contributed by atoms with van der Waals surface area (Å²) in [7, 11) is 1.64. The van der Waals surface area contributed by atoms with Gasteiger partial charge in [0, 0.05) is 39.7 Å². The molecule has 0 radical (unpaired) electrons. The number of nitrogens with one attached hydrogen (secondary N) is 2. The quantitative estimate of drug-likeness (QED) is 0.592. The first-order chi connectivity index (χ1) is 14.1. The highest BCUT2D eigenvalue weighted by Gasteiger charge is 2.23. The molecule has 1 saturated carbocycles. The summed E-state index contributed by atoms with van der Waals surface area (Å²) in [6.07, 6.45) is 7.04. The van der Waals surface area contributed by atoms with E-state index in [2.05, 4.69) is 34.9 Å². The van der Waals surface area contributed by atoms with Gasteiger partial charge in [0.05, 0.1) is 6.61 Å². The zero-order valence-corrected chi connectivity index (χ0v) is 17.6. The number of piperidine rings is 1. The first-order valence-corrected chi connectivity index (χ1v) is 11.0. The van der Waals surface area contributed by atoms with Crippen LogP contribution in [0.25, 0.3) is 0 Å². The fourth-order valence-electron chi connectivity index (χ4n) is 3.81. The maximum Gasteiger partial charge on any atom is 0.317 e. The summed E-state index contributed by atoms with van der Waals surface area (Å²) in [5, 5.41) is 5.92. The summed E-state index contributed by atoms with van der Waals surface area (Å²) in [5.41, 5.74) is 2.56. The molecule has 6 heteroatoms. The summed E-state index contributed by atoms with van der Waals surface area (Å²) < 4.78 is 4.97. The van der Waals surface area contributed by atoms with Crippen molar-refractivity contribution in [3.8, 4) is 0 Å². The molecule has 1 heterocycles. The molecule has 1 aromatic rings. The highest BCUT2D eigenvalue weighted by atomic mass is 16.5. The van der Waals surface area contributed by atoms with Crippen molar-refractivity contribution >= 4 is 11.9 Å². The Morgan fingerprint density at radius 1 is 1.00 bits per heavy atom. The average Bonchev–Trinajstić information content (AvgIpc) is 3.57. The molecule has 1 aromatic carbocycles. The number of likely N-dealkylation sites (tertiary alicyclic amines) is 1. The van der Waals surface area contributed by atoms with E-state index in [-0.39, 0.29) is 11.9 Å². The Kier molecular flexibility index (Phi) is 8.35. The van der Waals surface area contributed by atoms with Crippen molar-refractivity contribution in [1.29, 1.82) is 0 Å². The van der Waals surface area contributed by atoms with Gasteiger partial charge in [0.25, 0.3) is 0 Å². The first kappa shape index (κ1) is 21.6. The third-order valence-corrected chi connectivity index (χ3v) is 5.96. The highest BCUT2D eigenvalue weighted by Crippen LogP contribution is 2.27. The Morgan fingerprint density at radius 3 is 2.34 bits per heavy atom. The van der Waals surface area contributed by atoms with Gasteiger partial charge in [0.2, 0.25) is 5.91 Å². The van der Waals surface area contributed by atoms with E-state index in [0.29, 0.717) is 25.5 Å². The number of nitrogens with zero attached hydrogens (tertiary/aromatic N) is 1. The Hall–Kier alpha value is -2.08. The van der Waals surface area contributed by atoms with Gasteiger partial charge in [-0.15, -0.1) is 0 Å². The monoisotopic (exact) mass is 401 g/mol.